The Balaban J connectivity index is 1.14. The summed E-state index contributed by atoms with van der Waals surface area (Å²) in [5, 5.41) is 4.53. The second-order valence-corrected chi connectivity index (χ2v) is 14.9. The van der Waals surface area contributed by atoms with Crippen LogP contribution in [0.1, 0.15) is 54.4 Å². The van der Waals surface area contributed by atoms with Crippen LogP contribution < -0.4 is 0 Å². The molecule has 0 N–H and O–H groups in total. The zero-order chi connectivity index (χ0) is 37.4. The third-order valence-corrected chi connectivity index (χ3v) is 11.4. The number of benzene rings is 7. The second kappa shape index (κ2) is 14.4. The predicted molar refractivity (Wildman–Crippen MR) is 236 cm³/mol. The Morgan fingerprint density at radius 3 is 2.09 bits per heavy atom. The van der Waals surface area contributed by atoms with Gasteiger partial charge >= 0.3 is 0 Å². The number of rotatable bonds is 6. The summed E-state index contributed by atoms with van der Waals surface area (Å²) in [4.78, 5) is 11.1. The van der Waals surface area contributed by atoms with Crippen LogP contribution in [0, 0.1) is 0 Å². The maximum Gasteiger partial charge on any atom is 0.160 e. The number of furan rings is 1. The first-order valence-electron chi connectivity index (χ1n) is 19.6. The van der Waals surface area contributed by atoms with Gasteiger partial charge in [-0.25, -0.2) is 9.98 Å². The first-order chi connectivity index (χ1) is 27.7. The third kappa shape index (κ3) is 6.31. The molecule has 0 saturated carbocycles. The smallest absolute Gasteiger partial charge is 0.160 e. The van der Waals surface area contributed by atoms with Gasteiger partial charge in [0.2, 0.25) is 0 Å². The van der Waals surface area contributed by atoms with E-state index >= 15 is 0 Å². The van der Waals surface area contributed by atoms with Gasteiger partial charge < -0.3 is 4.42 Å². The lowest BCUT2D eigenvalue weighted by Crippen LogP contribution is -2.11. The molecule has 7 aromatic carbocycles. The highest BCUT2D eigenvalue weighted by Gasteiger charge is 2.21. The molecule has 56 heavy (non-hydrogen) atoms. The van der Waals surface area contributed by atoms with Gasteiger partial charge in [0.15, 0.2) is 5.84 Å². The van der Waals surface area contributed by atoms with Gasteiger partial charge in [-0.1, -0.05) is 164 Å². The minimum absolute atomic E-state index is 0.400. The number of amidine groups is 1. The van der Waals surface area contributed by atoms with Crippen LogP contribution in [0.2, 0.25) is 0 Å². The van der Waals surface area contributed by atoms with E-state index in [4.69, 9.17) is 14.4 Å². The topological polar surface area (TPSA) is 37.9 Å². The summed E-state index contributed by atoms with van der Waals surface area (Å²) in [6, 6.07) is 56.3. The molecule has 2 heterocycles. The highest BCUT2D eigenvalue weighted by Crippen LogP contribution is 2.38. The molecule has 2 aliphatic rings. The van der Waals surface area contributed by atoms with Crippen LogP contribution in [0.15, 0.2) is 202 Å². The fraction of sp³-hybridized carbons (Fsp3) is 0.0943. The highest BCUT2D eigenvalue weighted by molar-refractivity contribution is 6.23. The van der Waals surface area contributed by atoms with Gasteiger partial charge in [-0.15, -0.1) is 0 Å². The molecule has 268 valence electrons. The Hall–Kier alpha value is -6.84. The second-order valence-electron chi connectivity index (χ2n) is 14.9. The molecule has 1 atom stereocenters. The summed E-state index contributed by atoms with van der Waals surface area (Å²) < 4.78 is 6.56. The number of allylic oxidation sites excluding steroid dienone is 5. The Kier molecular flexibility index (Phi) is 8.69. The van der Waals surface area contributed by atoms with Crippen molar-refractivity contribution in [2.75, 3.05) is 0 Å². The first kappa shape index (κ1) is 33.7. The van der Waals surface area contributed by atoms with Crippen molar-refractivity contribution in [1.82, 2.24) is 0 Å². The molecule has 3 heteroatoms. The van der Waals surface area contributed by atoms with Crippen LogP contribution in [0.3, 0.4) is 0 Å². The zero-order valence-electron chi connectivity index (χ0n) is 31.3. The monoisotopic (exact) mass is 720 g/mol. The average Bonchev–Trinajstić information content (AvgIpc) is 3.64. The van der Waals surface area contributed by atoms with Crippen LogP contribution in [-0.4, -0.2) is 11.5 Å². The van der Waals surface area contributed by atoms with Gasteiger partial charge in [0.05, 0.1) is 11.4 Å². The van der Waals surface area contributed by atoms with Crippen molar-refractivity contribution >= 4 is 50.0 Å². The van der Waals surface area contributed by atoms with E-state index in [0.717, 1.165) is 74.9 Å². The summed E-state index contributed by atoms with van der Waals surface area (Å²) in [6.45, 7) is 2.22. The molecule has 0 radical (unpaired) electrons. The summed E-state index contributed by atoms with van der Waals surface area (Å²) in [5.74, 6) is 1.09. The van der Waals surface area contributed by atoms with E-state index in [-0.39, 0.29) is 0 Å². The zero-order valence-corrected chi connectivity index (χ0v) is 31.3. The van der Waals surface area contributed by atoms with Gasteiger partial charge in [-0.2, -0.15) is 0 Å². The van der Waals surface area contributed by atoms with E-state index in [1.54, 1.807) is 0 Å². The fourth-order valence-corrected chi connectivity index (χ4v) is 8.33. The van der Waals surface area contributed by atoms with E-state index in [1.165, 1.54) is 38.6 Å². The first-order valence-corrected chi connectivity index (χ1v) is 19.6. The Morgan fingerprint density at radius 2 is 1.25 bits per heavy atom. The molecule has 1 aliphatic carbocycles. The average molecular weight is 721 g/mol. The van der Waals surface area contributed by atoms with Crippen molar-refractivity contribution in [3.05, 3.63) is 210 Å². The van der Waals surface area contributed by atoms with E-state index < -0.39 is 0 Å². The lowest BCUT2D eigenvalue weighted by molar-refractivity contribution is 0.669. The number of fused-ring (bicyclic) bond motifs is 4. The van der Waals surface area contributed by atoms with Crippen molar-refractivity contribution < 1.29 is 4.42 Å². The Bertz CT molecular complexity index is 2920. The molecule has 0 amide bonds. The minimum atomic E-state index is 0.400. The molecule has 0 fully saturated rings. The standard InChI is InChI=1S/C53H40N2O/c1-35-22-32-48(41-27-23-38(24-28-41)36-12-4-2-5-13-36)54-53(55-52(35)42-29-25-39(26-30-42)37-14-6-3-7-15-37)46-20-11-21-50-51(46)47-34-43(31-33-49(47)56-50)45-19-10-17-40-16-8-9-18-44(40)45/h2-12,14-21,23-31,33-34,36H,13,22,32H2,1H3/b52-35+,54-48?,55-53?. The number of hydrogen-bond acceptors (Lipinski definition) is 3. The van der Waals surface area contributed by atoms with Gasteiger partial charge in [-0.05, 0) is 94.1 Å². The maximum absolute atomic E-state index is 6.56. The Morgan fingerprint density at radius 1 is 0.536 bits per heavy atom. The highest BCUT2D eigenvalue weighted by atomic mass is 16.3. The lowest BCUT2D eigenvalue weighted by atomic mass is 9.91. The van der Waals surface area contributed by atoms with E-state index in [0.29, 0.717) is 11.8 Å². The predicted octanol–water partition coefficient (Wildman–Crippen LogP) is 14.1. The number of nitrogens with zero attached hydrogens (tertiary/aromatic N) is 2. The fourth-order valence-electron chi connectivity index (χ4n) is 8.33. The number of hydrogen-bond donors (Lipinski definition) is 0. The van der Waals surface area contributed by atoms with Crippen molar-refractivity contribution in [2.24, 2.45) is 9.98 Å². The molecule has 3 nitrogen and oxygen atoms in total. The SMILES string of the molecule is C/C1=C(/c2ccc(-c3ccccc3)cc2)N=C(c2cccc3oc4ccc(-c5cccc6ccccc56)cc4c23)N=C(c2ccc(C3C=CC=CC3)cc2)CC1. The van der Waals surface area contributed by atoms with E-state index in [9.17, 15) is 0 Å². The van der Waals surface area contributed by atoms with E-state index in [1.807, 2.05) is 0 Å². The quantitative estimate of drug-likeness (QED) is 0.168. The van der Waals surface area contributed by atoms with Crippen molar-refractivity contribution in [2.45, 2.75) is 32.1 Å². The lowest BCUT2D eigenvalue weighted by Gasteiger charge is -2.18. The molecule has 10 rings (SSSR count). The molecule has 0 saturated heterocycles. The summed E-state index contributed by atoms with van der Waals surface area (Å²) in [6.07, 6.45) is 11.5. The third-order valence-electron chi connectivity index (χ3n) is 11.4. The minimum Gasteiger partial charge on any atom is -0.456 e. The molecule has 1 unspecified atom stereocenters. The molecular weight excluding hydrogens is 681 g/mol. The molecular formula is C53H40N2O. The van der Waals surface area contributed by atoms with Crippen LogP contribution in [-0.2, 0) is 0 Å². The number of aliphatic imine (C=N–C) groups is 2. The molecule has 8 aromatic rings. The molecule has 1 aromatic heterocycles. The summed E-state index contributed by atoms with van der Waals surface area (Å²) in [5.41, 5.74) is 14.1. The van der Waals surface area contributed by atoms with Crippen LogP contribution >= 0.6 is 0 Å². The van der Waals surface area contributed by atoms with Crippen LogP contribution in [0.25, 0.3) is 60.7 Å². The summed E-state index contributed by atoms with van der Waals surface area (Å²) >= 11 is 0. The Labute approximate surface area is 327 Å². The normalized spacial score (nSPS) is 17.2. The molecule has 1 aliphatic heterocycles. The summed E-state index contributed by atoms with van der Waals surface area (Å²) in [7, 11) is 0. The maximum atomic E-state index is 6.56. The van der Waals surface area contributed by atoms with E-state index in [2.05, 4.69) is 189 Å². The van der Waals surface area contributed by atoms with Gasteiger partial charge in [0.1, 0.15) is 11.2 Å². The largest absolute Gasteiger partial charge is 0.456 e. The van der Waals surface area contributed by atoms with Crippen molar-refractivity contribution in [3.63, 3.8) is 0 Å². The molecule has 0 bridgehead atoms. The van der Waals surface area contributed by atoms with Crippen LogP contribution in [0.4, 0.5) is 0 Å². The van der Waals surface area contributed by atoms with Crippen molar-refractivity contribution in [1.29, 1.82) is 0 Å². The van der Waals surface area contributed by atoms with Crippen molar-refractivity contribution in [3.8, 4) is 22.3 Å². The van der Waals surface area contributed by atoms with Gasteiger partial charge in [-0.3, -0.25) is 0 Å². The van der Waals surface area contributed by atoms with Crippen LogP contribution in [0.5, 0.6) is 0 Å². The van der Waals surface area contributed by atoms with Gasteiger partial charge in [0.25, 0.3) is 0 Å². The molecule has 0 spiro atoms. The van der Waals surface area contributed by atoms with Gasteiger partial charge in [0, 0.05) is 27.8 Å².